The second kappa shape index (κ2) is 7.75. The molecule has 1 spiro atoms. The van der Waals surface area contributed by atoms with Crippen LogP contribution in [0.25, 0.3) is 10.2 Å². The van der Waals surface area contributed by atoms with E-state index in [2.05, 4.69) is 10.3 Å². The molecule has 1 N–H and O–H groups in total. The lowest BCUT2D eigenvalue weighted by atomic mass is 9.62. The summed E-state index contributed by atoms with van der Waals surface area (Å²) in [6.07, 6.45) is -1.80. The largest absolute Gasteiger partial charge is 0.474 e. The molecular formula is C22H24F3N3O4S. The molecule has 11 heteroatoms. The second-order valence-corrected chi connectivity index (χ2v) is 10.2. The van der Waals surface area contributed by atoms with Gasteiger partial charge in [-0.2, -0.15) is 13.2 Å². The van der Waals surface area contributed by atoms with E-state index in [1.165, 1.54) is 12.4 Å². The smallest absolute Gasteiger partial charge is 0.418 e. The summed E-state index contributed by atoms with van der Waals surface area (Å²) in [5.41, 5.74) is -0.856. The number of carbonyl (C=O) groups is 2. The number of alkyl halides is 3. The topological polar surface area (TPSA) is 80.8 Å². The van der Waals surface area contributed by atoms with E-state index in [-0.39, 0.29) is 45.4 Å². The molecule has 0 radical (unpaired) electrons. The first-order valence-electron chi connectivity index (χ1n) is 10.9. The molecule has 0 bridgehead atoms. The van der Waals surface area contributed by atoms with Crippen molar-refractivity contribution < 1.29 is 32.2 Å². The second-order valence-electron chi connectivity index (χ2n) is 9.34. The maximum atomic E-state index is 13.6. The van der Waals surface area contributed by atoms with Crippen molar-refractivity contribution in [1.29, 1.82) is 0 Å². The van der Waals surface area contributed by atoms with Gasteiger partial charge in [0.2, 0.25) is 5.88 Å². The van der Waals surface area contributed by atoms with Gasteiger partial charge in [-0.15, -0.1) is 11.3 Å². The molecule has 1 aliphatic heterocycles. The first-order chi connectivity index (χ1) is 15.6. The Morgan fingerprint density at radius 2 is 2.00 bits per heavy atom. The molecule has 33 heavy (non-hydrogen) atoms. The molecule has 7 nitrogen and oxygen atoms in total. The van der Waals surface area contributed by atoms with Crippen LogP contribution in [-0.2, 0) is 10.9 Å². The van der Waals surface area contributed by atoms with Crippen molar-refractivity contribution in [2.75, 3.05) is 20.1 Å². The molecule has 178 valence electrons. The van der Waals surface area contributed by atoms with Crippen molar-refractivity contribution >= 4 is 33.6 Å². The fourth-order valence-electron chi connectivity index (χ4n) is 4.76. The quantitative estimate of drug-likeness (QED) is 0.680. The van der Waals surface area contributed by atoms with Crippen LogP contribution in [0.3, 0.4) is 0 Å². The number of rotatable bonds is 5. The number of amides is 2. The highest BCUT2D eigenvalue weighted by molar-refractivity contribution is 7.17. The highest BCUT2D eigenvalue weighted by Gasteiger charge is 2.55. The predicted octanol–water partition coefficient (Wildman–Crippen LogP) is 4.45. The maximum absolute atomic E-state index is 13.6. The third-order valence-electron chi connectivity index (χ3n) is 6.77. The minimum absolute atomic E-state index is 0.0134. The van der Waals surface area contributed by atoms with E-state index in [0.717, 1.165) is 30.2 Å². The molecule has 1 saturated heterocycles. The zero-order valence-electron chi connectivity index (χ0n) is 18.2. The lowest BCUT2D eigenvalue weighted by Gasteiger charge is -2.57. The molecule has 2 aliphatic carbocycles. The zero-order chi connectivity index (χ0) is 23.5. The first kappa shape index (κ1) is 22.2. The van der Waals surface area contributed by atoms with E-state index < -0.39 is 17.6 Å². The molecule has 2 amide bonds. The van der Waals surface area contributed by atoms with Crippen LogP contribution < -0.4 is 10.1 Å². The van der Waals surface area contributed by atoms with Gasteiger partial charge in [0.1, 0.15) is 12.2 Å². The van der Waals surface area contributed by atoms with Crippen LogP contribution in [0, 0.1) is 11.3 Å². The number of fused-ring (bicyclic) bond motifs is 1. The summed E-state index contributed by atoms with van der Waals surface area (Å²) in [5, 5.41) is 3.80. The maximum Gasteiger partial charge on any atom is 0.418 e. The number of ether oxygens (including phenoxy) is 2. The van der Waals surface area contributed by atoms with E-state index in [1.807, 2.05) is 6.92 Å². The van der Waals surface area contributed by atoms with Crippen molar-refractivity contribution in [3.8, 4) is 5.88 Å². The molecule has 2 saturated carbocycles. The Morgan fingerprint density at radius 3 is 2.61 bits per heavy atom. The average Bonchev–Trinajstić information content (AvgIpc) is 3.46. The van der Waals surface area contributed by atoms with E-state index >= 15 is 0 Å². The number of pyridine rings is 1. The standard InChI is InChI=1S/C22H24F3N3O4S/c1-11(12-3-4-12)31-20(30)28-9-21(10-28)6-13(7-21)32-16-5-15(22(23,24)25)18-17(27-16)14(8-33-18)19(29)26-2/h5,8,11-13H,3-4,6-7,9-10H2,1-2H3,(H,26,29)/t11-/m1/s1. The number of hydrogen-bond donors (Lipinski definition) is 1. The van der Waals surface area contributed by atoms with Crippen molar-refractivity contribution in [1.82, 2.24) is 15.2 Å². The molecule has 0 unspecified atom stereocenters. The van der Waals surface area contributed by atoms with Gasteiger partial charge in [-0.1, -0.05) is 0 Å². The van der Waals surface area contributed by atoms with Crippen LogP contribution in [0.1, 0.15) is 48.5 Å². The number of aromatic nitrogens is 1. The van der Waals surface area contributed by atoms with Crippen LogP contribution >= 0.6 is 11.3 Å². The van der Waals surface area contributed by atoms with Crippen molar-refractivity contribution in [3.63, 3.8) is 0 Å². The third kappa shape index (κ3) is 4.11. The van der Waals surface area contributed by atoms with Gasteiger partial charge in [0.25, 0.3) is 5.91 Å². The van der Waals surface area contributed by atoms with Gasteiger partial charge in [0.15, 0.2) is 0 Å². The van der Waals surface area contributed by atoms with Gasteiger partial charge >= 0.3 is 12.3 Å². The Hall–Kier alpha value is -2.56. The SMILES string of the molecule is CNC(=O)c1csc2c(C(F)(F)F)cc(OC3CC4(C3)CN(C(=O)O[C@H](C)C3CC3)C4)nc12. The summed E-state index contributed by atoms with van der Waals surface area (Å²) >= 11 is 0.835. The average molecular weight is 484 g/mol. The minimum Gasteiger partial charge on any atom is -0.474 e. The number of halogens is 3. The van der Waals surface area contributed by atoms with E-state index in [4.69, 9.17) is 9.47 Å². The molecule has 3 heterocycles. The number of nitrogens with zero attached hydrogens (tertiary/aromatic N) is 2. The number of carbonyl (C=O) groups excluding carboxylic acids is 2. The van der Waals surface area contributed by atoms with Gasteiger partial charge in [-0.3, -0.25) is 4.79 Å². The molecule has 2 aromatic heterocycles. The number of thiophene rings is 1. The lowest BCUT2D eigenvalue weighted by molar-refractivity contribution is -0.136. The summed E-state index contributed by atoms with van der Waals surface area (Å²) < 4.78 is 52.1. The zero-order valence-corrected chi connectivity index (χ0v) is 19.0. The Morgan fingerprint density at radius 1 is 1.30 bits per heavy atom. The lowest BCUT2D eigenvalue weighted by Crippen LogP contribution is -2.66. The molecule has 3 fully saturated rings. The summed E-state index contributed by atoms with van der Waals surface area (Å²) in [6, 6.07) is 0.904. The third-order valence-corrected chi connectivity index (χ3v) is 7.77. The first-order valence-corrected chi connectivity index (χ1v) is 11.8. The Bertz CT molecular complexity index is 1100. The fraction of sp³-hybridized carbons (Fsp3) is 0.591. The number of likely N-dealkylation sites (tertiary alicyclic amines) is 1. The van der Waals surface area contributed by atoms with Crippen LogP contribution in [0.4, 0.5) is 18.0 Å². The van der Waals surface area contributed by atoms with E-state index in [1.54, 1.807) is 4.90 Å². The molecule has 0 aromatic carbocycles. The molecule has 2 aromatic rings. The minimum atomic E-state index is -4.60. The number of nitrogens with one attached hydrogen (secondary N) is 1. The summed E-state index contributed by atoms with van der Waals surface area (Å²) in [4.78, 5) is 30.2. The van der Waals surface area contributed by atoms with Gasteiger partial charge in [-0.05, 0) is 38.5 Å². The highest BCUT2D eigenvalue weighted by Crippen LogP contribution is 2.50. The highest BCUT2D eigenvalue weighted by atomic mass is 32.1. The van der Waals surface area contributed by atoms with Crippen LogP contribution in [0.5, 0.6) is 5.88 Å². The molecule has 3 aliphatic rings. The Balaban J connectivity index is 1.24. The molecule has 5 rings (SSSR count). The normalized spacial score (nSPS) is 20.8. The van der Waals surface area contributed by atoms with Crippen LogP contribution in [0.15, 0.2) is 11.4 Å². The number of hydrogen-bond acceptors (Lipinski definition) is 6. The summed E-state index contributed by atoms with van der Waals surface area (Å²) in [6.45, 7) is 3.05. The Kier molecular flexibility index (Phi) is 5.22. The molecule has 1 atom stereocenters. The summed E-state index contributed by atoms with van der Waals surface area (Å²) in [7, 11) is 1.41. The van der Waals surface area contributed by atoms with Crippen molar-refractivity contribution in [2.45, 2.75) is 51.0 Å². The summed E-state index contributed by atoms with van der Waals surface area (Å²) in [5.74, 6) is -0.171. The predicted molar refractivity (Wildman–Crippen MR) is 114 cm³/mol. The fourth-order valence-corrected chi connectivity index (χ4v) is 5.78. The molecular weight excluding hydrogens is 459 g/mol. The monoisotopic (exact) mass is 483 g/mol. The van der Waals surface area contributed by atoms with Gasteiger partial charge < -0.3 is 19.7 Å². The van der Waals surface area contributed by atoms with Crippen LogP contribution in [0.2, 0.25) is 0 Å². The van der Waals surface area contributed by atoms with Crippen molar-refractivity contribution in [2.24, 2.45) is 11.3 Å². The van der Waals surface area contributed by atoms with Crippen LogP contribution in [-0.4, -0.2) is 54.2 Å². The Labute approximate surface area is 192 Å². The van der Waals surface area contributed by atoms with E-state index in [0.29, 0.717) is 31.8 Å². The van der Waals surface area contributed by atoms with Gasteiger partial charge in [0, 0.05) is 37.0 Å². The van der Waals surface area contributed by atoms with Crippen molar-refractivity contribution in [3.05, 3.63) is 22.6 Å². The van der Waals surface area contributed by atoms with Gasteiger partial charge in [0.05, 0.1) is 21.3 Å². The van der Waals surface area contributed by atoms with Gasteiger partial charge in [-0.25, -0.2) is 9.78 Å². The van der Waals surface area contributed by atoms with E-state index in [9.17, 15) is 22.8 Å².